The van der Waals surface area contributed by atoms with E-state index in [-0.39, 0.29) is 10.5 Å². The van der Waals surface area contributed by atoms with Crippen molar-refractivity contribution in [2.24, 2.45) is 0 Å². The minimum Gasteiger partial charge on any atom is -0.279 e. The van der Waals surface area contributed by atoms with Crippen LogP contribution in [0.1, 0.15) is 22.5 Å². The maximum atomic E-state index is 13.1. The maximum Gasteiger partial charge on any atom is 0.265 e. The lowest BCUT2D eigenvalue weighted by atomic mass is 10.1. The van der Waals surface area contributed by atoms with Gasteiger partial charge in [0, 0.05) is 5.02 Å². The summed E-state index contributed by atoms with van der Waals surface area (Å²) in [4.78, 5) is 17.8. The number of nitrogens with one attached hydrogen (secondary N) is 1. The quantitative estimate of drug-likeness (QED) is 0.454. The fourth-order valence-electron chi connectivity index (χ4n) is 3.69. The number of benzene rings is 3. The van der Waals surface area contributed by atoms with Crippen LogP contribution in [0, 0.1) is 27.7 Å². The number of nitrogens with zero attached hydrogens (tertiary/aromatic N) is 2. The molecule has 0 fully saturated rings. The highest BCUT2D eigenvalue weighted by molar-refractivity contribution is 7.92. The average Bonchev–Trinajstić information content (AvgIpc) is 2.72. The number of anilines is 1. The molecule has 0 unspecified atom stereocenters. The predicted octanol–water partition coefficient (Wildman–Crippen LogP) is 5.07. The molecular weight excluding hydrogens is 446 g/mol. The van der Waals surface area contributed by atoms with Gasteiger partial charge in [0.1, 0.15) is 5.82 Å². The second-order valence-corrected chi connectivity index (χ2v) is 9.85. The van der Waals surface area contributed by atoms with Crippen LogP contribution in [0.4, 0.5) is 5.69 Å². The van der Waals surface area contributed by atoms with Crippen LogP contribution in [0.3, 0.4) is 0 Å². The van der Waals surface area contributed by atoms with Crippen molar-refractivity contribution in [3.63, 3.8) is 0 Å². The number of hydrogen-bond acceptors (Lipinski definition) is 4. The highest BCUT2D eigenvalue weighted by atomic mass is 35.5. The second-order valence-electron chi connectivity index (χ2n) is 7.79. The van der Waals surface area contributed by atoms with Gasteiger partial charge in [-0.05, 0) is 86.8 Å². The molecule has 164 valence electrons. The average molecular weight is 468 g/mol. The molecule has 0 aliphatic carbocycles. The van der Waals surface area contributed by atoms with Crippen LogP contribution in [-0.4, -0.2) is 18.0 Å². The van der Waals surface area contributed by atoms with Crippen molar-refractivity contribution >= 4 is 38.2 Å². The van der Waals surface area contributed by atoms with Crippen LogP contribution in [0.5, 0.6) is 0 Å². The summed E-state index contributed by atoms with van der Waals surface area (Å²) in [5.41, 5.74) is 3.43. The van der Waals surface area contributed by atoms with Gasteiger partial charge in [0.05, 0.1) is 27.2 Å². The van der Waals surface area contributed by atoms with E-state index >= 15 is 0 Å². The monoisotopic (exact) mass is 467 g/mol. The van der Waals surface area contributed by atoms with Crippen LogP contribution in [-0.2, 0) is 10.0 Å². The molecule has 4 aromatic rings. The number of hydrogen-bond donors (Lipinski definition) is 1. The molecule has 32 heavy (non-hydrogen) atoms. The topological polar surface area (TPSA) is 81.1 Å². The lowest BCUT2D eigenvalue weighted by Gasteiger charge is -2.16. The molecule has 8 heteroatoms. The number of aryl methyl sites for hydroxylation is 4. The number of halogens is 1. The van der Waals surface area contributed by atoms with Gasteiger partial charge in [-0.25, -0.2) is 13.4 Å². The Bertz CT molecular complexity index is 1540. The summed E-state index contributed by atoms with van der Waals surface area (Å²) in [5, 5.41) is 1.04. The summed E-state index contributed by atoms with van der Waals surface area (Å²) in [7, 11) is -3.82. The zero-order valence-corrected chi connectivity index (χ0v) is 19.7. The predicted molar refractivity (Wildman–Crippen MR) is 129 cm³/mol. The summed E-state index contributed by atoms with van der Waals surface area (Å²) in [6.07, 6.45) is 0. The van der Waals surface area contributed by atoms with Gasteiger partial charge in [0.15, 0.2) is 0 Å². The van der Waals surface area contributed by atoms with E-state index in [0.29, 0.717) is 49.8 Å². The van der Waals surface area contributed by atoms with E-state index in [1.807, 2.05) is 6.07 Å². The summed E-state index contributed by atoms with van der Waals surface area (Å²) in [6, 6.07) is 15.5. The van der Waals surface area contributed by atoms with E-state index in [0.717, 1.165) is 0 Å². The Morgan fingerprint density at radius 2 is 1.62 bits per heavy atom. The third-order valence-corrected chi connectivity index (χ3v) is 7.32. The van der Waals surface area contributed by atoms with Crippen LogP contribution < -0.4 is 10.3 Å². The van der Waals surface area contributed by atoms with Gasteiger partial charge in [-0.3, -0.25) is 14.1 Å². The molecule has 4 rings (SSSR count). The fraction of sp³-hybridized carbons (Fsp3) is 0.167. The Labute approximate surface area is 191 Å². The van der Waals surface area contributed by atoms with Gasteiger partial charge in [0.25, 0.3) is 15.6 Å². The summed E-state index contributed by atoms with van der Waals surface area (Å²) in [5.74, 6) is 0.550. The first kappa shape index (κ1) is 22.0. The lowest BCUT2D eigenvalue weighted by Crippen LogP contribution is -2.22. The van der Waals surface area contributed by atoms with Gasteiger partial charge in [-0.2, -0.15) is 0 Å². The minimum absolute atomic E-state index is 0.173. The number of fused-ring (bicyclic) bond motifs is 1. The molecule has 0 amide bonds. The zero-order chi connectivity index (χ0) is 23.2. The van der Waals surface area contributed by atoms with Crippen LogP contribution in [0.25, 0.3) is 16.6 Å². The van der Waals surface area contributed by atoms with Crippen LogP contribution >= 0.6 is 11.6 Å². The Morgan fingerprint density at radius 1 is 0.906 bits per heavy atom. The van der Waals surface area contributed by atoms with E-state index in [1.165, 1.54) is 4.57 Å². The molecule has 0 aliphatic rings. The van der Waals surface area contributed by atoms with Crippen molar-refractivity contribution in [2.75, 3.05) is 4.72 Å². The summed E-state index contributed by atoms with van der Waals surface area (Å²) in [6.45, 7) is 7.03. The van der Waals surface area contributed by atoms with Gasteiger partial charge in [-0.1, -0.05) is 23.7 Å². The number of aromatic nitrogens is 2. The first-order valence-electron chi connectivity index (χ1n) is 9.97. The highest BCUT2D eigenvalue weighted by Gasteiger charge is 2.20. The first-order valence-corrected chi connectivity index (χ1v) is 11.8. The fourth-order valence-corrected chi connectivity index (χ4v) is 5.35. The normalized spacial score (nSPS) is 11.7. The number of rotatable bonds is 4. The van der Waals surface area contributed by atoms with E-state index in [2.05, 4.69) is 9.71 Å². The van der Waals surface area contributed by atoms with Crippen LogP contribution in [0.2, 0.25) is 5.02 Å². The third kappa shape index (κ3) is 3.89. The molecule has 1 aromatic heterocycles. The standard InChI is InChI=1S/C24H22ClN3O3S/c1-14-13-23(16(3)12-20(14)25)32(30,31)27-21-10-9-18(11-15(21)2)28-17(4)26-22-8-6-5-7-19(22)24(28)29/h5-13,27H,1-4H3. The van der Waals surface area contributed by atoms with Gasteiger partial charge < -0.3 is 0 Å². The third-order valence-electron chi connectivity index (χ3n) is 5.40. The zero-order valence-electron chi connectivity index (χ0n) is 18.1. The van der Waals surface area contributed by atoms with E-state index in [4.69, 9.17) is 11.6 Å². The van der Waals surface area contributed by atoms with Crippen molar-refractivity contribution in [2.45, 2.75) is 32.6 Å². The molecule has 0 aliphatic heterocycles. The smallest absolute Gasteiger partial charge is 0.265 e. The van der Waals surface area contributed by atoms with E-state index < -0.39 is 10.0 Å². The minimum atomic E-state index is -3.82. The first-order chi connectivity index (χ1) is 15.1. The molecule has 0 saturated heterocycles. The van der Waals surface area contributed by atoms with Crippen LogP contribution in [0.15, 0.2) is 64.3 Å². The molecule has 0 saturated carbocycles. The molecule has 1 heterocycles. The Kier molecular flexibility index (Phi) is 5.56. The molecule has 0 spiro atoms. The maximum absolute atomic E-state index is 13.1. The highest BCUT2D eigenvalue weighted by Crippen LogP contribution is 2.27. The molecular formula is C24H22ClN3O3S. The molecule has 0 radical (unpaired) electrons. The van der Waals surface area contributed by atoms with Crippen molar-refractivity contribution in [1.82, 2.24) is 9.55 Å². The number of para-hydroxylation sites is 1. The largest absolute Gasteiger partial charge is 0.279 e. The molecule has 6 nitrogen and oxygen atoms in total. The summed E-state index contributed by atoms with van der Waals surface area (Å²) >= 11 is 6.11. The second kappa shape index (κ2) is 8.07. The van der Waals surface area contributed by atoms with Gasteiger partial charge >= 0.3 is 0 Å². The van der Waals surface area contributed by atoms with Crippen molar-refractivity contribution < 1.29 is 8.42 Å². The molecule has 0 bridgehead atoms. The van der Waals surface area contributed by atoms with Gasteiger partial charge in [0.2, 0.25) is 0 Å². The van der Waals surface area contributed by atoms with Crippen molar-refractivity contribution in [3.05, 3.63) is 92.5 Å². The SMILES string of the molecule is Cc1cc(S(=O)(=O)Nc2ccc(-n3c(C)nc4ccccc4c3=O)cc2C)c(C)cc1Cl. The van der Waals surface area contributed by atoms with Crippen molar-refractivity contribution in [3.8, 4) is 5.69 Å². The van der Waals surface area contributed by atoms with E-state index in [9.17, 15) is 13.2 Å². The Morgan fingerprint density at radius 3 is 2.34 bits per heavy atom. The number of sulfonamides is 1. The summed E-state index contributed by atoms with van der Waals surface area (Å²) < 4.78 is 30.2. The van der Waals surface area contributed by atoms with E-state index in [1.54, 1.807) is 76.2 Å². The molecule has 3 aromatic carbocycles. The Balaban J connectivity index is 1.75. The molecule has 1 N–H and O–H groups in total. The molecule has 0 atom stereocenters. The van der Waals surface area contributed by atoms with Gasteiger partial charge in [-0.15, -0.1) is 0 Å². The Hall–Kier alpha value is -3.16. The van der Waals surface area contributed by atoms with Crippen molar-refractivity contribution in [1.29, 1.82) is 0 Å². The lowest BCUT2D eigenvalue weighted by molar-refractivity contribution is 0.600.